The molecule has 30 heavy (non-hydrogen) atoms. The molecule has 0 spiro atoms. The molecule has 6 heteroatoms. The van der Waals surface area contributed by atoms with Crippen molar-refractivity contribution in [2.75, 3.05) is 18.4 Å². The molecule has 0 radical (unpaired) electrons. The van der Waals surface area contributed by atoms with Crippen LogP contribution in [0.15, 0.2) is 89.8 Å². The van der Waals surface area contributed by atoms with Crippen LogP contribution in [0.25, 0.3) is 11.1 Å². The number of anilines is 1. The van der Waals surface area contributed by atoms with E-state index in [0.717, 1.165) is 16.8 Å². The molecule has 0 bridgehead atoms. The van der Waals surface area contributed by atoms with Crippen molar-refractivity contribution in [1.82, 2.24) is 4.31 Å². The van der Waals surface area contributed by atoms with Gasteiger partial charge in [-0.15, -0.1) is 0 Å². The Bertz CT molecular complexity index is 1120. The SMILES string of the molecule is O=C(Nc1ccccc1-c1ccccc1)C1CCCN(S(=O)(=O)c2ccccc2)C1. The van der Waals surface area contributed by atoms with E-state index < -0.39 is 10.0 Å². The molecule has 1 fully saturated rings. The number of carbonyl (C=O) groups is 1. The summed E-state index contributed by atoms with van der Waals surface area (Å²) in [6.45, 7) is 0.623. The number of amides is 1. The number of hydrogen-bond donors (Lipinski definition) is 1. The number of benzene rings is 3. The molecule has 0 saturated carbocycles. The second-order valence-corrected chi connectivity index (χ2v) is 9.35. The quantitative estimate of drug-likeness (QED) is 0.666. The molecule has 1 aliphatic rings. The predicted octanol–water partition coefficient (Wildman–Crippen LogP) is 4.39. The first-order valence-corrected chi connectivity index (χ1v) is 11.5. The lowest BCUT2D eigenvalue weighted by molar-refractivity contribution is -0.120. The molecule has 1 saturated heterocycles. The number of hydrogen-bond acceptors (Lipinski definition) is 3. The average Bonchev–Trinajstić information content (AvgIpc) is 2.80. The van der Waals surface area contributed by atoms with Crippen LogP contribution >= 0.6 is 0 Å². The lowest BCUT2D eigenvalue weighted by Gasteiger charge is -2.31. The van der Waals surface area contributed by atoms with Crippen LogP contribution in [0.5, 0.6) is 0 Å². The van der Waals surface area contributed by atoms with E-state index in [0.29, 0.717) is 19.4 Å². The molecule has 154 valence electrons. The van der Waals surface area contributed by atoms with E-state index in [-0.39, 0.29) is 23.3 Å². The first-order chi connectivity index (χ1) is 14.6. The number of sulfonamides is 1. The molecule has 4 rings (SSSR count). The predicted molar refractivity (Wildman–Crippen MR) is 118 cm³/mol. The summed E-state index contributed by atoms with van der Waals surface area (Å²) in [5.74, 6) is -0.535. The Morgan fingerprint density at radius 2 is 1.50 bits per heavy atom. The molecule has 1 aliphatic heterocycles. The molecular weight excluding hydrogens is 396 g/mol. The molecular formula is C24H24N2O3S. The fourth-order valence-corrected chi connectivity index (χ4v) is 5.36. The van der Waals surface area contributed by atoms with Crippen molar-refractivity contribution in [2.24, 2.45) is 5.92 Å². The molecule has 1 N–H and O–H groups in total. The highest BCUT2D eigenvalue weighted by atomic mass is 32.2. The number of rotatable bonds is 5. The largest absolute Gasteiger partial charge is 0.325 e. The second-order valence-electron chi connectivity index (χ2n) is 7.42. The van der Waals surface area contributed by atoms with Crippen LogP contribution in [0.3, 0.4) is 0 Å². The normalized spacial score (nSPS) is 17.4. The molecule has 1 amide bonds. The average molecular weight is 421 g/mol. The molecule has 5 nitrogen and oxygen atoms in total. The molecule has 3 aromatic carbocycles. The van der Waals surface area contributed by atoms with Crippen LogP contribution in [0.1, 0.15) is 12.8 Å². The zero-order valence-corrected chi connectivity index (χ0v) is 17.4. The Morgan fingerprint density at radius 1 is 0.867 bits per heavy atom. The van der Waals surface area contributed by atoms with Crippen LogP contribution in [-0.2, 0) is 14.8 Å². The number of para-hydroxylation sites is 1. The minimum atomic E-state index is -3.60. The Morgan fingerprint density at radius 3 is 2.23 bits per heavy atom. The van der Waals surface area contributed by atoms with Gasteiger partial charge in [0.05, 0.1) is 10.8 Å². The molecule has 1 heterocycles. The molecule has 0 aliphatic carbocycles. The van der Waals surface area contributed by atoms with Crippen molar-refractivity contribution in [3.63, 3.8) is 0 Å². The van der Waals surface area contributed by atoms with Gasteiger partial charge in [0, 0.05) is 24.3 Å². The van der Waals surface area contributed by atoms with Gasteiger partial charge in [0.1, 0.15) is 0 Å². The monoisotopic (exact) mass is 420 g/mol. The smallest absolute Gasteiger partial charge is 0.243 e. The van der Waals surface area contributed by atoms with Gasteiger partial charge in [0.25, 0.3) is 0 Å². The van der Waals surface area contributed by atoms with Crippen molar-refractivity contribution >= 4 is 21.6 Å². The Kier molecular flexibility index (Phi) is 5.97. The topological polar surface area (TPSA) is 66.5 Å². The maximum atomic E-state index is 13.0. The van der Waals surface area contributed by atoms with Crippen LogP contribution in [0.2, 0.25) is 0 Å². The maximum Gasteiger partial charge on any atom is 0.243 e. The van der Waals surface area contributed by atoms with Gasteiger partial charge in [0.15, 0.2) is 0 Å². The van der Waals surface area contributed by atoms with Crippen molar-refractivity contribution in [3.05, 3.63) is 84.9 Å². The van der Waals surface area contributed by atoms with Gasteiger partial charge < -0.3 is 5.32 Å². The zero-order valence-electron chi connectivity index (χ0n) is 16.6. The first kappa shape index (κ1) is 20.3. The van der Waals surface area contributed by atoms with Gasteiger partial charge in [0.2, 0.25) is 15.9 Å². The number of piperidine rings is 1. The van der Waals surface area contributed by atoms with Crippen LogP contribution in [0.4, 0.5) is 5.69 Å². The van der Waals surface area contributed by atoms with E-state index in [1.807, 2.05) is 54.6 Å². The minimum absolute atomic E-state index is 0.147. The number of nitrogens with zero attached hydrogens (tertiary/aromatic N) is 1. The van der Waals surface area contributed by atoms with Gasteiger partial charge in [-0.3, -0.25) is 4.79 Å². The van der Waals surface area contributed by atoms with Gasteiger partial charge in [-0.1, -0.05) is 66.7 Å². The van der Waals surface area contributed by atoms with E-state index in [9.17, 15) is 13.2 Å². The van der Waals surface area contributed by atoms with Crippen LogP contribution in [0, 0.1) is 5.92 Å². The van der Waals surface area contributed by atoms with Crippen molar-refractivity contribution in [1.29, 1.82) is 0 Å². The molecule has 1 unspecified atom stereocenters. The van der Waals surface area contributed by atoms with E-state index in [1.165, 1.54) is 4.31 Å². The van der Waals surface area contributed by atoms with E-state index in [4.69, 9.17) is 0 Å². The first-order valence-electron chi connectivity index (χ1n) is 10.1. The van der Waals surface area contributed by atoms with Gasteiger partial charge in [-0.2, -0.15) is 4.31 Å². The Balaban J connectivity index is 1.51. The molecule has 0 aromatic heterocycles. The highest BCUT2D eigenvalue weighted by Crippen LogP contribution is 2.29. The van der Waals surface area contributed by atoms with Crippen molar-refractivity contribution in [2.45, 2.75) is 17.7 Å². The summed E-state index contributed by atoms with van der Waals surface area (Å²) in [6, 6.07) is 25.9. The number of carbonyl (C=O) groups excluding carboxylic acids is 1. The van der Waals surface area contributed by atoms with Gasteiger partial charge >= 0.3 is 0 Å². The minimum Gasteiger partial charge on any atom is -0.325 e. The zero-order chi connectivity index (χ0) is 21.0. The third-order valence-corrected chi connectivity index (χ3v) is 7.28. The van der Waals surface area contributed by atoms with Crippen molar-refractivity contribution in [3.8, 4) is 11.1 Å². The van der Waals surface area contributed by atoms with E-state index in [2.05, 4.69) is 5.32 Å². The second kappa shape index (κ2) is 8.81. The highest BCUT2D eigenvalue weighted by Gasteiger charge is 2.33. The maximum absolute atomic E-state index is 13.0. The summed E-state index contributed by atoms with van der Waals surface area (Å²) in [5.41, 5.74) is 2.69. The molecule has 3 aromatic rings. The van der Waals surface area contributed by atoms with E-state index in [1.54, 1.807) is 30.3 Å². The lowest BCUT2D eigenvalue weighted by Crippen LogP contribution is -2.43. The molecule has 1 atom stereocenters. The summed E-state index contributed by atoms with van der Waals surface area (Å²) < 4.78 is 27.3. The van der Waals surface area contributed by atoms with E-state index >= 15 is 0 Å². The highest BCUT2D eigenvalue weighted by molar-refractivity contribution is 7.89. The summed E-state index contributed by atoms with van der Waals surface area (Å²) in [4.78, 5) is 13.3. The standard InChI is InChI=1S/C24H24N2O3S/c27-24(25-23-16-8-7-15-22(23)19-10-3-1-4-11-19)20-12-9-17-26(18-20)30(28,29)21-13-5-2-6-14-21/h1-8,10-11,13-16,20H,9,12,17-18H2,(H,25,27). The van der Waals surface area contributed by atoms with Crippen molar-refractivity contribution < 1.29 is 13.2 Å². The summed E-state index contributed by atoms with van der Waals surface area (Å²) in [6.07, 6.45) is 1.32. The third-order valence-electron chi connectivity index (χ3n) is 5.41. The Labute approximate surface area is 177 Å². The van der Waals surface area contributed by atoms with Gasteiger partial charge in [-0.05, 0) is 36.6 Å². The summed E-state index contributed by atoms with van der Waals surface area (Å²) in [5, 5.41) is 3.03. The van der Waals surface area contributed by atoms with Gasteiger partial charge in [-0.25, -0.2) is 8.42 Å². The fraction of sp³-hybridized carbons (Fsp3) is 0.208. The number of nitrogens with one attached hydrogen (secondary N) is 1. The lowest BCUT2D eigenvalue weighted by atomic mass is 9.98. The fourth-order valence-electron chi connectivity index (χ4n) is 3.81. The van der Waals surface area contributed by atoms with Crippen LogP contribution in [-0.4, -0.2) is 31.7 Å². The summed E-state index contributed by atoms with van der Waals surface area (Å²) >= 11 is 0. The Hall–Kier alpha value is -2.96. The summed E-state index contributed by atoms with van der Waals surface area (Å²) in [7, 11) is -3.60. The van der Waals surface area contributed by atoms with Crippen LogP contribution < -0.4 is 5.32 Å². The third kappa shape index (κ3) is 4.30.